The van der Waals surface area contributed by atoms with Gasteiger partial charge in [-0.15, -0.1) is 0 Å². The van der Waals surface area contributed by atoms with Crippen molar-refractivity contribution < 1.29 is 23.9 Å². The first-order chi connectivity index (χ1) is 25.1. The number of ether oxygens (including phenoxy) is 1. The van der Waals surface area contributed by atoms with Gasteiger partial charge >= 0.3 is 6.03 Å². The van der Waals surface area contributed by atoms with Crippen LogP contribution in [0.15, 0.2) is 103 Å². The number of rotatable bonds is 7. The van der Waals surface area contributed by atoms with Crippen molar-refractivity contribution in [1.29, 1.82) is 0 Å². The molecule has 0 unspecified atom stereocenters. The van der Waals surface area contributed by atoms with Crippen LogP contribution in [0.1, 0.15) is 35.2 Å². The lowest BCUT2D eigenvalue weighted by atomic mass is 10.0. The van der Waals surface area contributed by atoms with E-state index in [1.807, 2.05) is 97.9 Å². The number of carbonyl (C=O) groups excluding carboxylic acids is 4. The van der Waals surface area contributed by atoms with Crippen molar-refractivity contribution in [2.75, 3.05) is 51.1 Å². The smallest absolute Gasteiger partial charge is 0.319 e. The minimum Gasteiger partial charge on any atom is -0.491 e. The highest BCUT2D eigenvalue weighted by Gasteiger charge is 2.39. The van der Waals surface area contributed by atoms with E-state index in [0.29, 0.717) is 42.8 Å². The summed E-state index contributed by atoms with van der Waals surface area (Å²) in [5.41, 5.74) is 5.08. The van der Waals surface area contributed by atoms with Gasteiger partial charge in [0.1, 0.15) is 18.4 Å². The molecular weight excluding hydrogens is 656 g/mol. The van der Waals surface area contributed by atoms with Gasteiger partial charge in [-0.05, 0) is 72.4 Å². The SMILES string of the molecule is CN1CCC[C@H](NC(=O)Cc2ccc(-c3ccccc3)cc2)C(=O)N2C[C@@H](NC(=O)Nc3cccc(N(C)C)c3)C[C@H]2COc2cccc(c2)C1=O. The molecule has 0 aliphatic carbocycles. The predicted octanol–water partition coefficient (Wildman–Crippen LogP) is 5.18. The molecule has 3 N–H and O–H groups in total. The lowest BCUT2D eigenvalue weighted by Gasteiger charge is -2.30. The van der Waals surface area contributed by atoms with Crippen LogP contribution in [0.5, 0.6) is 5.75 Å². The minimum atomic E-state index is -0.829. The highest BCUT2D eigenvalue weighted by atomic mass is 16.5. The first-order valence-corrected chi connectivity index (χ1v) is 17.7. The lowest BCUT2D eigenvalue weighted by Crippen LogP contribution is -2.52. The van der Waals surface area contributed by atoms with E-state index in [0.717, 1.165) is 22.4 Å². The van der Waals surface area contributed by atoms with Crippen LogP contribution in [-0.4, -0.2) is 92.5 Å². The number of anilines is 2. The zero-order valence-corrected chi connectivity index (χ0v) is 29.9. The molecule has 0 spiro atoms. The third-order valence-corrected chi connectivity index (χ3v) is 9.57. The fourth-order valence-corrected chi connectivity index (χ4v) is 6.76. The fourth-order valence-electron chi connectivity index (χ4n) is 6.76. The number of carbonyl (C=O) groups is 4. The average molecular weight is 703 g/mol. The zero-order chi connectivity index (χ0) is 36.6. The maximum Gasteiger partial charge on any atom is 0.319 e. The standard InChI is InChI=1S/C41H46N6O5/c1-45(2)34-14-8-13-32(24-34)42-41(51)43-33-25-35-27-52-36-15-7-12-31(23-36)39(49)46(3)21-9-16-37(40(50)47(35)26-33)44-38(48)22-28-17-19-30(20-18-28)29-10-5-4-6-11-29/h4-8,10-15,17-20,23-24,33,35,37H,9,16,21-22,25-27H2,1-3H3,(H,44,48)(H2,42,43,51)/t33-,35-,37-/m0/s1. The highest BCUT2D eigenvalue weighted by Crippen LogP contribution is 2.25. The van der Waals surface area contributed by atoms with Gasteiger partial charge in [0, 0.05) is 51.2 Å². The average Bonchev–Trinajstić information content (AvgIpc) is 3.55. The van der Waals surface area contributed by atoms with Crippen LogP contribution in [0.25, 0.3) is 11.1 Å². The fraction of sp³-hybridized carbons (Fsp3) is 0.317. The summed E-state index contributed by atoms with van der Waals surface area (Å²) in [6, 6.07) is 30.5. The number of hydrogen-bond acceptors (Lipinski definition) is 6. The Morgan fingerprint density at radius 3 is 2.35 bits per heavy atom. The van der Waals surface area contributed by atoms with Gasteiger partial charge in [0.05, 0.1) is 18.5 Å². The number of benzene rings is 4. The normalized spacial score (nSPS) is 19.2. The molecule has 2 heterocycles. The molecule has 4 aromatic carbocycles. The van der Waals surface area contributed by atoms with Crippen molar-refractivity contribution in [3.05, 3.63) is 114 Å². The van der Waals surface area contributed by atoms with E-state index in [1.165, 1.54) is 0 Å². The largest absolute Gasteiger partial charge is 0.491 e. The summed E-state index contributed by atoms with van der Waals surface area (Å²) in [4.78, 5) is 59.5. The Hall–Kier alpha value is -5.84. The Kier molecular flexibility index (Phi) is 11.4. The van der Waals surface area contributed by atoms with Gasteiger partial charge in [-0.2, -0.15) is 0 Å². The molecule has 3 atom stereocenters. The molecule has 5 amide bonds. The maximum atomic E-state index is 14.4. The number of nitrogens with zero attached hydrogens (tertiary/aromatic N) is 3. The summed E-state index contributed by atoms with van der Waals surface area (Å²) < 4.78 is 6.17. The van der Waals surface area contributed by atoms with Crippen molar-refractivity contribution in [1.82, 2.24) is 20.4 Å². The Morgan fingerprint density at radius 1 is 0.846 bits per heavy atom. The molecule has 11 nitrogen and oxygen atoms in total. The Labute approximate surface area is 304 Å². The van der Waals surface area contributed by atoms with Gasteiger partial charge in [0.25, 0.3) is 5.91 Å². The van der Waals surface area contributed by atoms with E-state index in [1.54, 1.807) is 41.1 Å². The second-order valence-corrected chi connectivity index (χ2v) is 13.7. The van der Waals surface area contributed by atoms with Crippen LogP contribution in [0.3, 0.4) is 0 Å². The summed E-state index contributed by atoms with van der Waals surface area (Å²) in [7, 11) is 5.59. The number of hydrogen-bond donors (Lipinski definition) is 3. The quantitative estimate of drug-likeness (QED) is 0.244. The second-order valence-electron chi connectivity index (χ2n) is 13.7. The maximum absolute atomic E-state index is 14.4. The number of nitrogens with one attached hydrogen (secondary N) is 3. The van der Waals surface area contributed by atoms with Crippen molar-refractivity contribution in [3.63, 3.8) is 0 Å². The van der Waals surface area contributed by atoms with Crippen molar-refractivity contribution >= 4 is 35.1 Å². The van der Waals surface area contributed by atoms with Crippen LogP contribution in [0.2, 0.25) is 0 Å². The van der Waals surface area contributed by atoms with Crippen LogP contribution in [0.4, 0.5) is 16.2 Å². The molecule has 2 aliphatic rings. The lowest BCUT2D eigenvalue weighted by molar-refractivity contribution is -0.137. The second kappa shape index (κ2) is 16.5. The van der Waals surface area contributed by atoms with Gasteiger partial charge < -0.3 is 35.4 Å². The van der Waals surface area contributed by atoms with Gasteiger partial charge in [-0.1, -0.05) is 66.7 Å². The van der Waals surface area contributed by atoms with Crippen molar-refractivity contribution in [2.24, 2.45) is 0 Å². The zero-order valence-electron chi connectivity index (χ0n) is 29.9. The van der Waals surface area contributed by atoms with E-state index < -0.39 is 6.04 Å². The van der Waals surface area contributed by atoms with Gasteiger partial charge in [-0.25, -0.2) is 4.79 Å². The van der Waals surface area contributed by atoms with Crippen molar-refractivity contribution in [3.8, 4) is 16.9 Å². The van der Waals surface area contributed by atoms with E-state index in [9.17, 15) is 19.2 Å². The number of urea groups is 1. The Morgan fingerprint density at radius 2 is 1.58 bits per heavy atom. The summed E-state index contributed by atoms with van der Waals surface area (Å²) in [6.07, 6.45) is 1.39. The first-order valence-electron chi connectivity index (χ1n) is 17.7. The van der Waals surface area contributed by atoms with E-state index in [4.69, 9.17) is 4.74 Å². The first kappa shape index (κ1) is 36.0. The summed E-state index contributed by atoms with van der Waals surface area (Å²) in [5.74, 6) is -0.152. The third-order valence-electron chi connectivity index (χ3n) is 9.57. The Bertz CT molecular complexity index is 1880. The minimum absolute atomic E-state index is 0.109. The van der Waals surface area contributed by atoms with E-state index in [2.05, 4.69) is 16.0 Å². The number of amides is 5. The highest BCUT2D eigenvalue weighted by molar-refractivity contribution is 5.94. The molecule has 6 rings (SSSR count). The molecule has 1 fully saturated rings. The van der Waals surface area contributed by atoms with E-state index in [-0.39, 0.29) is 55.4 Å². The van der Waals surface area contributed by atoms with Gasteiger partial charge in [0.15, 0.2) is 0 Å². The summed E-state index contributed by atoms with van der Waals surface area (Å²) >= 11 is 0. The molecule has 52 heavy (non-hydrogen) atoms. The van der Waals surface area contributed by atoms with E-state index >= 15 is 0 Å². The summed E-state index contributed by atoms with van der Waals surface area (Å²) in [6.45, 7) is 0.801. The van der Waals surface area contributed by atoms with Gasteiger partial charge in [0.2, 0.25) is 11.8 Å². The molecule has 0 radical (unpaired) electrons. The molecule has 2 bridgehead atoms. The molecule has 270 valence electrons. The molecule has 0 aromatic heterocycles. The van der Waals surface area contributed by atoms with Crippen molar-refractivity contribution in [2.45, 2.75) is 43.8 Å². The van der Waals surface area contributed by atoms with Gasteiger partial charge in [-0.3, -0.25) is 14.4 Å². The molecule has 2 aliphatic heterocycles. The topological polar surface area (TPSA) is 123 Å². The van der Waals surface area contributed by atoms with Crippen LogP contribution in [-0.2, 0) is 16.0 Å². The van der Waals surface area contributed by atoms with Crippen LogP contribution < -0.4 is 25.6 Å². The number of fused-ring (bicyclic) bond motifs is 3. The molecular formula is C41H46N6O5. The third kappa shape index (κ3) is 9.08. The predicted molar refractivity (Wildman–Crippen MR) is 202 cm³/mol. The molecule has 4 aromatic rings. The molecule has 11 heteroatoms. The molecule has 1 saturated heterocycles. The Balaban J connectivity index is 1.18. The monoisotopic (exact) mass is 702 g/mol. The van der Waals surface area contributed by atoms with Crippen LogP contribution in [0, 0.1) is 0 Å². The molecule has 0 saturated carbocycles. The van der Waals surface area contributed by atoms with Crippen LogP contribution >= 0.6 is 0 Å². The summed E-state index contributed by atoms with van der Waals surface area (Å²) in [5, 5.41) is 8.96.